The van der Waals surface area contributed by atoms with Crippen LogP contribution < -0.4 is 0 Å². The highest BCUT2D eigenvalue weighted by Gasteiger charge is 2.38. The molecule has 0 radical (unpaired) electrons. The first kappa shape index (κ1) is 28.6. The van der Waals surface area contributed by atoms with Crippen molar-refractivity contribution in [1.82, 2.24) is 9.97 Å². The van der Waals surface area contributed by atoms with Crippen LogP contribution in [0.3, 0.4) is 0 Å². The lowest BCUT2D eigenvalue weighted by Gasteiger charge is -2.22. The second-order valence-electron chi connectivity index (χ2n) is 14.6. The van der Waals surface area contributed by atoms with Crippen molar-refractivity contribution in [2.45, 2.75) is 38.5 Å². The van der Waals surface area contributed by atoms with Gasteiger partial charge in [-0.15, -0.1) is 11.3 Å². The second-order valence-corrected chi connectivity index (χ2v) is 15.6. The number of hydrogen-bond donors (Lipinski definition) is 0. The molecule has 0 unspecified atom stereocenters. The molecule has 0 fully saturated rings. The van der Waals surface area contributed by atoms with E-state index in [0.717, 1.165) is 33.9 Å². The van der Waals surface area contributed by atoms with Gasteiger partial charge in [0.15, 0.2) is 5.82 Å². The van der Waals surface area contributed by atoms with Crippen LogP contribution in [0, 0.1) is 0 Å². The molecule has 2 heterocycles. The van der Waals surface area contributed by atoms with E-state index in [9.17, 15) is 0 Å². The van der Waals surface area contributed by atoms with Gasteiger partial charge in [-0.1, -0.05) is 143 Å². The largest absolute Gasteiger partial charge is 0.228 e. The van der Waals surface area contributed by atoms with Crippen LogP contribution in [0.15, 0.2) is 133 Å². The molecule has 2 aromatic heterocycles. The Morgan fingerprint density at radius 3 is 1.86 bits per heavy atom. The topological polar surface area (TPSA) is 25.8 Å². The van der Waals surface area contributed by atoms with Gasteiger partial charge in [0.2, 0.25) is 0 Å². The van der Waals surface area contributed by atoms with Gasteiger partial charge in [0, 0.05) is 47.7 Å². The summed E-state index contributed by atoms with van der Waals surface area (Å²) in [7, 11) is 0. The van der Waals surface area contributed by atoms with Crippen LogP contribution in [0.2, 0.25) is 0 Å². The van der Waals surface area contributed by atoms with E-state index in [1.807, 2.05) is 11.3 Å². The highest BCUT2D eigenvalue weighted by atomic mass is 32.1. The van der Waals surface area contributed by atoms with Gasteiger partial charge in [0.05, 0.1) is 11.4 Å². The lowest BCUT2D eigenvalue weighted by atomic mass is 9.82. The van der Waals surface area contributed by atoms with Crippen LogP contribution in [0.25, 0.3) is 76.3 Å². The van der Waals surface area contributed by atoms with Crippen molar-refractivity contribution < 1.29 is 0 Å². The third-order valence-corrected chi connectivity index (χ3v) is 12.4. The molecule has 0 aliphatic heterocycles. The van der Waals surface area contributed by atoms with Crippen molar-refractivity contribution in [3.8, 4) is 56.2 Å². The average molecular weight is 647 g/mol. The molecule has 49 heavy (non-hydrogen) atoms. The van der Waals surface area contributed by atoms with Gasteiger partial charge >= 0.3 is 0 Å². The number of nitrogens with zero attached hydrogens (tertiary/aromatic N) is 2. The van der Waals surface area contributed by atoms with E-state index in [2.05, 4.69) is 161 Å². The molecule has 0 atom stereocenters. The van der Waals surface area contributed by atoms with Gasteiger partial charge in [0.25, 0.3) is 0 Å². The molecular formula is C46H34N2S. The number of thiophene rings is 1. The van der Waals surface area contributed by atoms with Crippen molar-refractivity contribution in [1.29, 1.82) is 0 Å². The Bertz CT molecular complexity index is 2670. The molecule has 0 saturated heterocycles. The zero-order chi connectivity index (χ0) is 33.1. The predicted octanol–water partition coefficient (Wildman–Crippen LogP) is 12.5. The third-order valence-electron chi connectivity index (χ3n) is 11.1. The van der Waals surface area contributed by atoms with Crippen LogP contribution >= 0.6 is 11.3 Å². The van der Waals surface area contributed by atoms with E-state index >= 15 is 0 Å². The molecule has 0 N–H and O–H groups in total. The first-order valence-corrected chi connectivity index (χ1v) is 17.9. The molecule has 3 heteroatoms. The maximum Gasteiger partial charge on any atom is 0.160 e. The zero-order valence-electron chi connectivity index (χ0n) is 28.0. The van der Waals surface area contributed by atoms with E-state index in [-0.39, 0.29) is 10.8 Å². The molecule has 0 bridgehead atoms. The highest BCUT2D eigenvalue weighted by molar-refractivity contribution is 7.26. The number of rotatable bonds is 3. The summed E-state index contributed by atoms with van der Waals surface area (Å²) < 4.78 is 2.55. The molecule has 0 saturated carbocycles. The van der Waals surface area contributed by atoms with Crippen LogP contribution in [-0.4, -0.2) is 9.97 Å². The molecule has 234 valence electrons. The quantitative estimate of drug-likeness (QED) is 0.191. The molecular weight excluding hydrogens is 613 g/mol. The summed E-state index contributed by atoms with van der Waals surface area (Å²) >= 11 is 1.85. The molecule has 0 spiro atoms. The summed E-state index contributed by atoms with van der Waals surface area (Å²) in [5.74, 6) is 0.753. The van der Waals surface area contributed by atoms with Crippen LogP contribution in [0.4, 0.5) is 0 Å². The molecule has 2 nitrogen and oxygen atoms in total. The SMILES string of the molecule is CC1(C)c2ccccc2-c2ccc(-c3nc(-c4cccc5c4-c4ccccc4C5(C)C)cc(-c4cccc5c4sc4ccccc45)n3)cc21. The molecule has 10 rings (SSSR count). The first-order valence-electron chi connectivity index (χ1n) is 17.1. The Kier molecular flexibility index (Phi) is 5.88. The van der Waals surface area contributed by atoms with E-state index in [0.29, 0.717) is 0 Å². The number of benzene rings is 6. The Morgan fingerprint density at radius 1 is 0.449 bits per heavy atom. The van der Waals surface area contributed by atoms with Gasteiger partial charge in [-0.3, -0.25) is 0 Å². The van der Waals surface area contributed by atoms with Crippen LogP contribution in [0.5, 0.6) is 0 Å². The van der Waals surface area contributed by atoms with Crippen molar-refractivity contribution in [2.24, 2.45) is 0 Å². The summed E-state index contributed by atoms with van der Waals surface area (Å²) in [6.45, 7) is 9.34. The van der Waals surface area contributed by atoms with Crippen LogP contribution in [0.1, 0.15) is 49.9 Å². The Balaban J connectivity index is 1.24. The summed E-state index contributed by atoms with van der Waals surface area (Å²) in [5, 5.41) is 2.56. The smallest absolute Gasteiger partial charge is 0.160 e. The average Bonchev–Trinajstić information content (AvgIpc) is 3.71. The van der Waals surface area contributed by atoms with E-state index in [4.69, 9.17) is 9.97 Å². The van der Waals surface area contributed by atoms with Crippen molar-refractivity contribution in [2.75, 3.05) is 0 Å². The lowest BCUT2D eigenvalue weighted by molar-refractivity contribution is 0.660. The second kappa shape index (κ2) is 10.1. The molecule has 0 amide bonds. The Labute approximate surface area is 290 Å². The summed E-state index contributed by atoms with van der Waals surface area (Å²) in [6.07, 6.45) is 0. The van der Waals surface area contributed by atoms with Gasteiger partial charge in [0.1, 0.15) is 0 Å². The fourth-order valence-electron chi connectivity index (χ4n) is 8.61. The maximum atomic E-state index is 5.44. The number of fused-ring (bicyclic) bond motifs is 9. The summed E-state index contributed by atoms with van der Waals surface area (Å²) in [4.78, 5) is 10.8. The van der Waals surface area contributed by atoms with Crippen molar-refractivity contribution in [3.63, 3.8) is 0 Å². The number of aromatic nitrogens is 2. The molecule has 2 aliphatic carbocycles. The minimum atomic E-state index is -0.111. The normalized spacial score (nSPS) is 14.9. The third kappa shape index (κ3) is 4.00. The fourth-order valence-corrected chi connectivity index (χ4v) is 9.84. The van der Waals surface area contributed by atoms with Crippen molar-refractivity contribution >= 4 is 31.5 Å². The first-order chi connectivity index (χ1) is 23.8. The van der Waals surface area contributed by atoms with Gasteiger partial charge < -0.3 is 0 Å². The van der Waals surface area contributed by atoms with Gasteiger partial charge in [-0.2, -0.15) is 0 Å². The number of hydrogen-bond acceptors (Lipinski definition) is 3. The van der Waals surface area contributed by atoms with E-state index < -0.39 is 0 Å². The Morgan fingerprint density at radius 2 is 1.02 bits per heavy atom. The molecule has 8 aromatic rings. The van der Waals surface area contributed by atoms with Crippen LogP contribution in [-0.2, 0) is 10.8 Å². The van der Waals surface area contributed by atoms with Gasteiger partial charge in [-0.05, 0) is 62.7 Å². The van der Waals surface area contributed by atoms with E-state index in [1.165, 1.54) is 64.7 Å². The van der Waals surface area contributed by atoms with E-state index in [1.54, 1.807) is 0 Å². The maximum absolute atomic E-state index is 5.44. The predicted molar refractivity (Wildman–Crippen MR) is 206 cm³/mol. The van der Waals surface area contributed by atoms with Gasteiger partial charge in [-0.25, -0.2) is 9.97 Å². The summed E-state index contributed by atoms with van der Waals surface area (Å²) in [5.41, 5.74) is 15.6. The molecule has 6 aromatic carbocycles. The minimum absolute atomic E-state index is 0.0934. The summed E-state index contributed by atoms with van der Waals surface area (Å²) in [6, 6.07) is 48.8. The van der Waals surface area contributed by atoms with Crippen molar-refractivity contribution in [3.05, 3.63) is 156 Å². The monoisotopic (exact) mass is 646 g/mol. The zero-order valence-corrected chi connectivity index (χ0v) is 28.8. The standard InChI is InChI=1S/C46H34N2S/c1-45(2)36-20-9-6-15-32(36)42-33(17-12-21-37(42)45)39-26-40(34-18-11-16-31-30-14-7-10-22-41(30)49-43(31)34)48-44(47-39)27-23-24-29-28-13-5-8-19-35(28)46(3,4)38(29)25-27/h5-26H,1-4H3. The Hall–Kier alpha value is -5.38. The fraction of sp³-hybridized carbons (Fsp3) is 0.130. The minimum Gasteiger partial charge on any atom is -0.228 e. The molecule has 2 aliphatic rings. The lowest BCUT2D eigenvalue weighted by Crippen LogP contribution is -2.15. The highest BCUT2D eigenvalue weighted by Crippen LogP contribution is 2.53.